The average Bonchev–Trinajstić information content (AvgIpc) is 3.12. The first-order valence-corrected chi connectivity index (χ1v) is 9.89. The van der Waals surface area contributed by atoms with Gasteiger partial charge in [0.1, 0.15) is 6.04 Å². The molecule has 5 nitrogen and oxygen atoms in total. The lowest BCUT2D eigenvalue weighted by Crippen LogP contribution is -2.45. The van der Waals surface area contributed by atoms with Crippen LogP contribution in [0.4, 0.5) is 0 Å². The van der Waals surface area contributed by atoms with Crippen LogP contribution < -0.4 is 5.32 Å². The molecule has 2 aromatic carbocycles. The number of sulfonamides is 1. The van der Waals surface area contributed by atoms with E-state index >= 15 is 0 Å². The molecule has 1 saturated heterocycles. The minimum absolute atomic E-state index is 0.152. The van der Waals surface area contributed by atoms with Gasteiger partial charge in [0.25, 0.3) is 0 Å². The molecule has 25 heavy (non-hydrogen) atoms. The van der Waals surface area contributed by atoms with Crippen LogP contribution in [-0.2, 0) is 21.4 Å². The van der Waals surface area contributed by atoms with Crippen LogP contribution in [0.5, 0.6) is 0 Å². The smallest absolute Gasteiger partial charge is 0.243 e. The molecular formula is C18H19ClN2O3S. The van der Waals surface area contributed by atoms with E-state index in [0.29, 0.717) is 31.0 Å². The topological polar surface area (TPSA) is 66.5 Å². The third kappa shape index (κ3) is 4.03. The number of hydrogen-bond acceptors (Lipinski definition) is 3. The monoisotopic (exact) mass is 378 g/mol. The summed E-state index contributed by atoms with van der Waals surface area (Å²) in [5.41, 5.74) is 0.973. The summed E-state index contributed by atoms with van der Waals surface area (Å²) in [7, 11) is -3.72. The van der Waals surface area contributed by atoms with Gasteiger partial charge in [0.05, 0.1) is 4.90 Å². The molecule has 3 rings (SSSR count). The van der Waals surface area contributed by atoms with Crippen LogP contribution in [0.25, 0.3) is 0 Å². The Morgan fingerprint density at radius 1 is 1.12 bits per heavy atom. The van der Waals surface area contributed by atoms with Crippen molar-refractivity contribution in [3.05, 3.63) is 65.2 Å². The maximum absolute atomic E-state index is 12.8. The highest BCUT2D eigenvalue weighted by Gasteiger charge is 2.39. The van der Waals surface area contributed by atoms with E-state index in [0.717, 1.165) is 5.56 Å². The molecule has 1 N–H and O–H groups in total. The Kier molecular flexibility index (Phi) is 5.42. The lowest BCUT2D eigenvalue weighted by Gasteiger charge is -2.23. The van der Waals surface area contributed by atoms with Crippen molar-refractivity contribution in [1.29, 1.82) is 0 Å². The molecule has 0 unspecified atom stereocenters. The molecule has 0 bridgehead atoms. The second-order valence-electron chi connectivity index (χ2n) is 5.93. The van der Waals surface area contributed by atoms with Crippen molar-refractivity contribution < 1.29 is 13.2 Å². The number of halogens is 1. The van der Waals surface area contributed by atoms with Crippen molar-refractivity contribution in [2.24, 2.45) is 0 Å². The summed E-state index contributed by atoms with van der Waals surface area (Å²) in [6.07, 6.45) is 1.18. The predicted molar refractivity (Wildman–Crippen MR) is 96.7 cm³/mol. The Hall–Kier alpha value is -1.89. The average molecular weight is 379 g/mol. The summed E-state index contributed by atoms with van der Waals surface area (Å²) >= 11 is 5.83. The summed E-state index contributed by atoms with van der Waals surface area (Å²) in [6.45, 7) is 0.722. The molecule has 0 aromatic heterocycles. The second kappa shape index (κ2) is 7.56. The van der Waals surface area contributed by atoms with Crippen LogP contribution in [-0.4, -0.2) is 31.2 Å². The number of amides is 1. The van der Waals surface area contributed by atoms with Gasteiger partial charge >= 0.3 is 0 Å². The Labute approximate surface area is 152 Å². The van der Waals surface area contributed by atoms with E-state index in [2.05, 4.69) is 5.32 Å². The molecule has 1 aliphatic heterocycles. The molecule has 1 fully saturated rings. The van der Waals surface area contributed by atoms with E-state index in [1.807, 2.05) is 30.3 Å². The number of nitrogens with zero attached hydrogens (tertiary/aromatic N) is 1. The number of nitrogens with one attached hydrogen (secondary N) is 1. The minimum atomic E-state index is -3.72. The van der Waals surface area contributed by atoms with E-state index in [4.69, 9.17) is 11.6 Å². The maximum atomic E-state index is 12.8. The molecule has 0 aliphatic carbocycles. The second-order valence-corrected chi connectivity index (χ2v) is 8.26. The lowest BCUT2D eigenvalue weighted by molar-refractivity contribution is -0.124. The van der Waals surface area contributed by atoms with E-state index in [-0.39, 0.29) is 10.8 Å². The molecule has 0 radical (unpaired) electrons. The Balaban J connectivity index is 1.73. The van der Waals surface area contributed by atoms with Gasteiger partial charge in [-0.05, 0) is 42.7 Å². The zero-order chi connectivity index (χ0) is 17.9. The Morgan fingerprint density at radius 2 is 1.80 bits per heavy atom. The van der Waals surface area contributed by atoms with Crippen LogP contribution in [0, 0.1) is 0 Å². The van der Waals surface area contributed by atoms with Crippen molar-refractivity contribution in [3.63, 3.8) is 0 Å². The van der Waals surface area contributed by atoms with Gasteiger partial charge in [0.15, 0.2) is 0 Å². The van der Waals surface area contributed by atoms with E-state index in [1.54, 1.807) is 0 Å². The summed E-state index contributed by atoms with van der Waals surface area (Å²) in [4.78, 5) is 12.7. The Bertz CT molecular complexity index is 838. The summed E-state index contributed by atoms with van der Waals surface area (Å²) < 4.78 is 27.0. The molecule has 2 aromatic rings. The number of rotatable bonds is 5. The zero-order valence-electron chi connectivity index (χ0n) is 13.6. The normalized spacial score (nSPS) is 18.2. The number of carbonyl (C=O) groups excluding carboxylic acids is 1. The molecule has 0 saturated carbocycles. The first-order chi connectivity index (χ1) is 12.0. The zero-order valence-corrected chi connectivity index (χ0v) is 15.1. The molecule has 132 valence electrons. The van der Waals surface area contributed by atoms with Gasteiger partial charge in [0.2, 0.25) is 15.9 Å². The van der Waals surface area contributed by atoms with Gasteiger partial charge in [0, 0.05) is 18.1 Å². The van der Waals surface area contributed by atoms with Crippen LogP contribution in [0.1, 0.15) is 18.4 Å². The van der Waals surface area contributed by atoms with Crippen molar-refractivity contribution >= 4 is 27.5 Å². The molecule has 1 atom stereocenters. The lowest BCUT2D eigenvalue weighted by atomic mass is 10.2. The summed E-state index contributed by atoms with van der Waals surface area (Å²) in [5.74, 6) is -0.265. The fourth-order valence-electron chi connectivity index (χ4n) is 2.93. The molecule has 7 heteroatoms. The van der Waals surface area contributed by atoms with Crippen LogP contribution >= 0.6 is 11.6 Å². The third-order valence-electron chi connectivity index (χ3n) is 4.24. The summed E-state index contributed by atoms with van der Waals surface area (Å²) in [5, 5.41) is 3.31. The summed E-state index contributed by atoms with van der Waals surface area (Å²) in [6, 6.07) is 14.9. The van der Waals surface area contributed by atoms with E-state index in [9.17, 15) is 13.2 Å². The van der Waals surface area contributed by atoms with Gasteiger partial charge < -0.3 is 5.32 Å². The molecule has 1 amide bonds. The van der Waals surface area contributed by atoms with Crippen molar-refractivity contribution in [1.82, 2.24) is 9.62 Å². The van der Waals surface area contributed by atoms with Crippen molar-refractivity contribution in [3.8, 4) is 0 Å². The molecular weight excluding hydrogens is 360 g/mol. The standard InChI is InChI=1S/C18H19ClN2O3S/c19-15-8-10-16(11-9-15)25(23,24)21-12-4-7-17(21)18(22)20-13-14-5-2-1-3-6-14/h1-3,5-6,8-11,17H,4,7,12-13H2,(H,20,22)/t17-/m0/s1. The van der Waals surface area contributed by atoms with Gasteiger partial charge in [-0.15, -0.1) is 0 Å². The number of carbonyl (C=O) groups is 1. The predicted octanol–water partition coefficient (Wildman–Crippen LogP) is 2.81. The third-order valence-corrected chi connectivity index (χ3v) is 6.41. The highest BCUT2D eigenvalue weighted by molar-refractivity contribution is 7.89. The van der Waals surface area contributed by atoms with Crippen molar-refractivity contribution in [2.45, 2.75) is 30.3 Å². The minimum Gasteiger partial charge on any atom is -0.351 e. The highest BCUT2D eigenvalue weighted by atomic mass is 35.5. The van der Waals surface area contributed by atoms with Gasteiger partial charge in [-0.3, -0.25) is 4.79 Å². The SMILES string of the molecule is O=C(NCc1ccccc1)[C@@H]1CCCN1S(=O)(=O)c1ccc(Cl)cc1. The molecule has 0 spiro atoms. The maximum Gasteiger partial charge on any atom is 0.243 e. The van der Waals surface area contributed by atoms with E-state index < -0.39 is 16.1 Å². The van der Waals surface area contributed by atoms with Gasteiger partial charge in [-0.25, -0.2) is 8.42 Å². The van der Waals surface area contributed by atoms with Crippen LogP contribution in [0.2, 0.25) is 5.02 Å². The van der Waals surface area contributed by atoms with Gasteiger partial charge in [-0.1, -0.05) is 41.9 Å². The first kappa shape index (κ1) is 17.9. The van der Waals surface area contributed by atoms with Crippen LogP contribution in [0.3, 0.4) is 0 Å². The van der Waals surface area contributed by atoms with Crippen molar-refractivity contribution in [2.75, 3.05) is 6.54 Å². The quantitative estimate of drug-likeness (QED) is 0.869. The largest absolute Gasteiger partial charge is 0.351 e. The molecule has 1 aliphatic rings. The molecule has 1 heterocycles. The Morgan fingerprint density at radius 3 is 2.48 bits per heavy atom. The first-order valence-electron chi connectivity index (χ1n) is 8.07. The van der Waals surface area contributed by atoms with E-state index in [1.165, 1.54) is 28.6 Å². The highest BCUT2D eigenvalue weighted by Crippen LogP contribution is 2.27. The van der Waals surface area contributed by atoms with Gasteiger partial charge in [-0.2, -0.15) is 4.31 Å². The van der Waals surface area contributed by atoms with Crippen LogP contribution in [0.15, 0.2) is 59.5 Å². The number of hydrogen-bond donors (Lipinski definition) is 1. The fraction of sp³-hybridized carbons (Fsp3) is 0.278. The fourth-order valence-corrected chi connectivity index (χ4v) is 4.72. The number of benzene rings is 2.